The zero-order valence-electron chi connectivity index (χ0n) is 8.12. The molecule has 15 heavy (non-hydrogen) atoms. The van der Waals surface area contributed by atoms with E-state index in [4.69, 9.17) is 0 Å². The van der Waals surface area contributed by atoms with Crippen LogP contribution >= 0.6 is 0 Å². The molecule has 1 aromatic rings. The lowest BCUT2D eigenvalue weighted by Crippen LogP contribution is -2.40. The van der Waals surface area contributed by atoms with Crippen LogP contribution in [0.3, 0.4) is 0 Å². The largest absolute Gasteiger partial charge is 0.466 e. The number of ether oxygens (including phenoxy) is 1. The molecule has 0 saturated heterocycles. The van der Waals surface area contributed by atoms with Gasteiger partial charge in [0.2, 0.25) is 5.78 Å². The van der Waals surface area contributed by atoms with Crippen LogP contribution in [-0.4, -0.2) is 24.5 Å². The second-order valence-electron chi connectivity index (χ2n) is 3.46. The fourth-order valence-electron chi connectivity index (χ4n) is 1.78. The third kappa shape index (κ3) is 1.25. The molecule has 1 atom stereocenters. The number of esters is 1. The first-order valence-corrected chi connectivity index (χ1v) is 4.49. The van der Waals surface area contributed by atoms with Crippen LogP contribution in [0.25, 0.3) is 0 Å². The second kappa shape index (κ2) is 3.15. The van der Waals surface area contributed by atoms with Crippen molar-refractivity contribution in [3.05, 3.63) is 35.4 Å². The summed E-state index contributed by atoms with van der Waals surface area (Å²) in [6.07, 6.45) is -0.228. The minimum Gasteiger partial charge on any atom is -0.466 e. The lowest BCUT2D eigenvalue weighted by Gasteiger charge is -2.13. The molecule has 0 heterocycles. The van der Waals surface area contributed by atoms with Crippen molar-refractivity contribution in [2.75, 3.05) is 7.11 Å². The minimum absolute atomic E-state index is 0.228. The normalized spacial score (nSPS) is 23.7. The van der Waals surface area contributed by atoms with Gasteiger partial charge in [0, 0.05) is 12.0 Å². The van der Waals surface area contributed by atoms with Crippen LogP contribution in [0.1, 0.15) is 15.9 Å². The first kappa shape index (κ1) is 9.83. The maximum absolute atomic E-state index is 14.1. The van der Waals surface area contributed by atoms with Crippen LogP contribution in [0.15, 0.2) is 24.3 Å². The standard InChI is InChI=1S/C11H9FO3/c1-15-10(14)11(12)6-7-4-2-3-5-8(7)9(11)13/h2-5H,6H2,1H3/t11-/m0/s1. The van der Waals surface area contributed by atoms with Gasteiger partial charge in [-0.3, -0.25) is 4.79 Å². The fourth-order valence-corrected chi connectivity index (χ4v) is 1.78. The number of fused-ring (bicyclic) bond motifs is 1. The molecule has 4 heteroatoms. The van der Waals surface area contributed by atoms with E-state index in [1.165, 1.54) is 6.07 Å². The zero-order chi connectivity index (χ0) is 11.1. The van der Waals surface area contributed by atoms with Crippen molar-refractivity contribution in [1.29, 1.82) is 0 Å². The molecule has 1 aromatic carbocycles. The van der Waals surface area contributed by atoms with E-state index in [0.717, 1.165) is 7.11 Å². The van der Waals surface area contributed by atoms with E-state index in [1.807, 2.05) is 0 Å². The number of carbonyl (C=O) groups excluding carboxylic acids is 2. The highest BCUT2D eigenvalue weighted by Gasteiger charge is 2.53. The Morgan fingerprint density at radius 1 is 1.47 bits per heavy atom. The van der Waals surface area contributed by atoms with Crippen molar-refractivity contribution in [1.82, 2.24) is 0 Å². The van der Waals surface area contributed by atoms with Gasteiger partial charge in [-0.25, -0.2) is 9.18 Å². The molecule has 0 N–H and O–H groups in total. The second-order valence-corrected chi connectivity index (χ2v) is 3.46. The van der Waals surface area contributed by atoms with Crippen LogP contribution in [0.5, 0.6) is 0 Å². The van der Waals surface area contributed by atoms with Gasteiger partial charge in [-0.05, 0) is 5.56 Å². The average molecular weight is 208 g/mol. The minimum atomic E-state index is -2.53. The van der Waals surface area contributed by atoms with Crippen LogP contribution in [0.4, 0.5) is 4.39 Å². The number of alkyl halides is 1. The number of halogens is 1. The van der Waals surface area contributed by atoms with Crippen LogP contribution in [0, 0.1) is 0 Å². The molecular formula is C11H9FO3. The Morgan fingerprint density at radius 2 is 2.13 bits per heavy atom. The van der Waals surface area contributed by atoms with Gasteiger partial charge in [-0.1, -0.05) is 24.3 Å². The molecule has 0 fully saturated rings. The topological polar surface area (TPSA) is 43.4 Å². The van der Waals surface area contributed by atoms with Crippen LogP contribution < -0.4 is 0 Å². The molecule has 0 unspecified atom stereocenters. The summed E-state index contributed by atoms with van der Waals surface area (Å²) < 4.78 is 18.4. The molecule has 0 radical (unpaired) electrons. The predicted octanol–water partition coefficient (Wildman–Crippen LogP) is 1.31. The van der Waals surface area contributed by atoms with E-state index in [-0.39, 0.29) is 12.0 Å². The van der Waals surface area contributed by atoms with Crippen LogP contribution in [-0.2, 0) is 16.0 Å². The highest BCUT2D eigenvalue weighted by molar-refractivity contribution is 6.18. The number of Topliss-reactive ketones (excluding diaryl/α,β-unsaturated/α-hetero) is 1. The van der Waals surface area contributed by atoms with E-state index in [1.54, 1.807) is 18.2 Å². The molecule has 0 amide bonds. The van der Waals surface area contributed by atoms with Gasteiger partial charge in [-0.2, -0.15) is 0 Å². The Morgan fingerprint density at radius 3 is 2.73 bits per heavy atom. The molecule has 0 aliphatic heterocycles. The van der Waals surface area contributed by atoms with Gasteiger partial charge < -0.3 is 4.74 Å². The zero-order valence-corrected chi connectivity index (χ0v) is 8.12. The molecule has 0 aromatic heterocycles. The number of benzene rings is 1. The maximum atomic E-state index is 14.1. The predicted molar refractivity (Wildman–Crippen MR) is 50.3 cm³/mol. The third-order valence-corrected chi connectivity index (χ3v) is 2.56. The summed E-state index contributed by atoms with van der Waals surface area (Å²) in [6, 6.07) is 6.49. The summed E-state index contributed by atoms with van der Waals surface area (Å²) in [6.45, 7) is 0. The van der Waals surface area contributed by atoms with Gasteiger partial charge in [0.25, 0.3) is 5.67 Å². The van der Waals surface area contributed by atoms with Gasteiger partial charge in [0.05, 0.1) is 7.11 Å². The molecule has 1 aliphatic rings. The lowest BCUT2D eigenvalue weighted by atomic mass is 10.0. The summed E-state index contributed by atoms with van der Waals surface area (Å²) in [4.78, 5) is 22.8. The van der Waals surface area contributed by atoms with E-state index in [2.05, 4.69) is 4.74 Å². The Hall–Kier alpha value is -1.71. The number of carbonyl (C=O) groups is 2. The van der Waals surface area contributed by atoms with E-state index in [9.17, 15) is 14.0 Å². The van der Waals surface area contributed by atoms with Crippen molar-refractivity contribution in [3.8, 4) is 0 Å². The fraction of sp³-hybridized carbons (Fsp3) is 0.273. The summed E-state index contributed by atoms with van der Waals surface area (Å²) >= 11 is 0. The van der Waals surface area contributed by atoms with E-state index in [0.29, 0.717) is 5.56 Å². The summed E-state index contributed by atoms with van der Waals surface area (Å²) in [5, 5.41) is 0. The van der Waals surface area contributed by atoms with Gasteiger partial charge in [0.15, 0.2) is 0 Å². The Kier molecular flexibility index (Phi) is 2.07. The van der Waals surface area contributed by atoms with Gasteiger partial charge in [0.1, 0.15) is 0 Å². The van der Waals surface area contributed by atoms with Crippen molar-refractivity contribution < 1.29 is 18.7 Å². The summed E-state index contributed by atoms with van der Waals surface area (Å²) in [7, 11) is 1.07. The number of methoxy groups -OCH3 is 1. The Bertz CT molecular complexity index is 441. The molecule has 3 nitrogen and oxygen atoms in total. The highest BCUT2D eigenvalue weighted by atomic mass is 19.1. The molecule has 0 saturated carbocycles. The molecule has 0 bridgehead atoms. The van der Waals surface area contributed by atoms with Crippen molar-refractivity contribution in [2.45, 2.75) is 12.1 Å². The lowest BCUT2D eigenvalue weighted by molar-refractivity contribution is -0.150. The molecule has 2 rings (SSSR count). The Balaban J connectivity index is 2.47. The SMILES string of the molecule is COC(=O)[C@]1(F)Cc2ccccc2C1=O. The molecule has 0 spiro atoms. The maximum Gasteiger partial charge on any atom is 0.352 e. The summed E-state index contributed by atoms with van der Waals surface area (Å²) in [5.41, 5.74) is -1.71. The highest BCUT2D eigenvalue weighted by Crippen LogP contribution is 2.33. The molecular weight excluding hydrogens is 199 g/mol. The van der Waals surface area contributed by atoms with Crippen molar-refractivity contribution in [3.63, 3.8) is 0 Å². The van der Waals surface area contributed by atoms with Crippen molar-refractivity contribution in [2.24, 2.45) is 0 Å². The quantitative estimate of drug-likeness (QED) is 0.516. The van der Waals surface area contributed by atoms with Crippen LogP contribution in [0.2, 0.25) is 0 Å². The monoisotopic (exact) mass is 208 g/mol. The number of ketones is 1. The van der Waals surface area contributed by atoms with E-state index >= 15 is 0 Å². The van der Waals surface area contributed by atoms with E-state index < -0.39 is 17.4 Å². The molecule has 1 aliphatic carbocycles. The number of hydrogen-bond acceptors (Lipinski definition) is 3. The molecule has 78 valence electrons. The summed E-state index contributed by atoms with van der Waals surface area (Å²) in [5.74, 6) is -1.92. The Labute approximate surface area is 85.9 Å². The number of rotatable bonds is 1. The smallest absolute Gasteiger partial charge is 0.352 e. The van der Waals surface area contributed by atoms with Gasteiger partial charge in [-0.15, -0.1) is 0 Å². The van der Waals surface area contributed by atoms with Gasteiger partial charge >= 0.3 is 5.97 Å². The average Bonchev–Trinajstić information content (AvgIpc) is 2.52. The third-order valence-electron chi connectivity index (χ3n) is 2.56. The van der Waals surface area contributed by atoms with Crippen molar-refractivity contribution >= 4 is 11.8 Å². The number of hydrogen-bond donors (Lipinski definition) is 0. The first-order chi connectivity index (χ1) is 7.09. The first-order valence-electron chi connectivity index (χ1n) is 4.49.